The fraction of sp³-hybridized carbons (Fsp3) is 0.652. The molecule has 0 aromatic carbocycles. The average molecular weight is 404 g/mol. The second-order valence-electron chi connectivity index (χ2n) is 9.69. The standard InChI is InChI=1S/2C10H15.C3H6.Zr/c2*1-7-6-10(4,5)9(3)8(7)2;1-3-2;/h2*1-5H3;1-3H2;. The molecule has 1 fully saturated rings. The van der Waals surface area contributed by atoms with Crippen LogP contribution in [0.15, 0.2) is 40.0 Å². The van der Waals surface area contributed by atoms with Crippen LogP contribution in [0.3, 0.4) is 0 Å². The van der Waals surface area contributed by atoms with Crippen LogP contribution in [0, 0.1) is 10.8 Å². The van der Waals surface area contributed by atoms with Crippen LogP contribution in [-0.4, -0.2) is 0 Å². The van der Waals surface area contributed by atoms with Crippen molar-refractivity contribution in [1.82, 2.24) is 0 Å². The fourth-order valence-electron chi connectivity index (χ4n) is 6.26. The third-order valence-electron chi connectivity index (χ3n) is 8.29. The van der Waals surface area contributed by atoms with Crippen molar-refractivity contribution in [2.24, 2.45) is 10.8 Å². The van der Waals surface area contributed by atoms with Crippen molar-refractivity contribution < 1.29 is 20.3 Å². The van der Waals surface area contributed by atoms with E-state index in [1.165, 1.54) is 6.42 Å². The van der Waals surface area contributed by atoms with Gasteiger partial charge in [-0.3, -0.25) is 0 Å². The summed E-state index contributed by atoms with van der Waals surface area (Å²) in [5.74, 6) is 0. The van der Waals surface area contributed by atoms with E-state index in [0.717, 1.165) is 0 Å². The first-order valence-corrected chi connectivity index (χ1v) is 15.6. The van der Waals surface area contributed by atoms with Gasteiger partial charge in [0.2, 0.25) is 0 Å². The van der Waals surface area contributed by atoms with Gasteiger partial charge in [-0.2, -0.15) is 0 Å². The predicted molar refractivity (Wildman–Crippen MR) is 104 cm³/mol. The molecule has 0 atom stereocenters. The molecule has 0 aromatic heterocycles. The summed E-state index contributed by atoms with van der Waals surface area (Å²) in [5, 5.41) is 0. The van der Waals surface area contributed by atoms with Crippen molar-refractivity contribution >= 4 is 0 Å². The Morgan fingerprint density at radius 1 is 0.583 bits per heavy atom. The molecule has 24 heavy (non-hydrogen) atoms. The van der Waals surface area contributed by atoms with Crippen molar-refractivity contribution in [3.05, 3.63) is 40.0 Å². The number of hydrogen-bond donors (Lipinski definition) is 0. The molecule has 0 bridgehead atoms. The van der Waals surface area contributed by atoms with Gasteiger partial charge in [0, 0.05) is 0 Å². The summed E-state index contributed by atoms with van der Waals surface area (Å²) in [5.41, 5.74) is 10.4. The second kappa shape index (κ2) is 5.42. The molecule has 0 unspecified atom stereocenters. The zero-order valence-electron chi connectivity index (χ0n) is 17.6. The van der Waals surface area contributed by atoms with E-state index in [4.69, 9.17) is 0 Å². The van der Waals surface area contributed by atoms with Gasteiger partial charge in [-0.25, -0.2) is 0 Å². The fourth-order valence-corrected chi connectivity index (χ4v) is 23.2. The van der Waals surface area contributed by atoms with Gasteiger partial charge in [0.15, 0.2) is 0 Å². The maximum absolute atomic E-state index is 2.52. The Labute approximate surface area is 154 Å². The first kappa shape index (κ1) is 18.6. The van der Waals surface area contributed by atoms with E-state index in [1.54, 1.807) is 41.7 Å². The molecule has 0 spiro atoms. The quantitative estimate of drug-likeness (QED) is 0.443. The van der Waals surface area contributed by atoms with Crippen LogP contribution in [0.5, 0.6) is 0 Å². The summed E-state index contributed by atoms with van der Waals surface area (Å²) in [6.45, 7) is 24.4. The van der Waals surface area contributed by atoms with Crippen molar-refractivity contribution in [3.8, 4) is 0 Å². The zero-order chi connectivity index (χ0) is 18.2. The molecule has 1 heteroatoms. The van der Waals surface area contributed by atoms with Crippen LogP contribution >= 0.6 is 0 Å². The van der Waals surface area contributed by atoms with Crippen molar-refractivity contribution in [1.29, 1.82) is 0 Å². The molecule has 0 aromatic rings. The molecule has 1 heterocycles. The zero-order valence-corrected chi connectivity index (χ0v) is 20.1. The second-order valence-corrected chi connectivity index (χ2v) is 19.9. The van der Waals surface area contributed by atoms with Gasteiger partial charge in [-0.05, 0) is 0 Å². The van der Waals surface area contributed by atoms with Gasteiger partial charge in [-0.1, -0.05) is 0 Å². The molecule has 0 amide bonds. The summed E-state index contributed by atoms with van der Waals surface area (Å²) in [7, 11) is 0. The number of rotatable bonds is 2. The van der Waals surface area contributed by atoms with Gasteiger partial charge < -0.3 is 0 Å². The molecule has 0 N–H and O–H groups in total. The van der Waals surface area contributed by atoms with Crippen LogP contribution in [0.4, 0.5) is 0 Å². The molecule has 0 radical (unpaired) electrons. The van der Waals surface area contributed by atoms with E-state index in [9.17, 15) is 0 Å². The summed E-state index contributed by atoms with van der Waals surface area (Å²) >= 11 is -2.52. The SMILES string of the molecule is CC1=C(C)C(C)(C)[C]([Zr]2([C]3=C(C)C(C)=C(C)C3(C)C)[CH2]C[CH2]2)=C1C. The van der Waals surface area contributed by atoms with Gasteiger partial charge >= 0.3 is 155 Å². The summed E-state index contributed by atoms with van der Waals surface area (Å²) in [6.07, 6.45) is 1.46. The van der Waals surface area contributed by atoms with E-state index in [1.807, 2.05) is 6.56 Å². The van der Waals surface area contributed by atoms with Crippen LogP contribution in [0.1, 0.15) is 75.7 Å². The molecule has 1 aliphatic heterocycles. The number of hydrogen-bond acceptors (Lipinski definition) is 0. The Bertz CT molecular complexity index is 683. The Morgan fingerprint density at radius 2 is 0.917 bits per heavy atom. The first-order chi connectivity index (χ1) is 10.9. The first-order valence-electron chi connectivity index (χ1n) is 9.71. The molecule has 3 rings (SSSR count). The molecule has 132 valence electrons. The summed E-state index contributed by atoms with van der Waals surface area (Å²) in [4.78, 5) is 0. The van der Waals surface area contributed by atoms with E-state index >= 15 is 0 Å². The van der Waals surface area contributed by atoms with Gasteiger partial charge in [0.1, 0.15) is 0 Å². The van der Waals surface area contributed by atoms with E-state index in [-0.39, 0.29) is 0 Å². The van der Waals surface area contributed by atoms with E-state index in [2.05, 4.69) is 69.2 Å². The molecule has 0 nitrogen and oxygen atoms in total. The maximum atomic E-state index is 2.51. The average Bonchev–Trinajstić information content (AvgIpc) is 2.70. The Kier molecular flexibility index (Phi) is 4.21. The van der Waals surface area contributed by atoms with E-state index in [0.29, 0.717) is 10.8 Å². The van der Waals surface area contributed by atoms with E-state index < -0.39 is 20.3 Å². The van der Waals surface area contributed by atoms with Gasteiger partial charge in [-0.15, -0.1) is 0 Å². The number of allylic oxidation sites excluding steroid dienone is 8. The molecule has 3 aliphatic rings. The molecular formula is C23H36Zr. The third kappa shape index (κ3) is 2.06. The van der Waals surface area contributed by atoms with Crippen LogP contribution in [0.25, 0.3) is 0 Å². The molecule has 1 saturated heterocycles. The van der Waals surface area contributed by atoms with Gasteiger partial charge in [0.05, 0.1) is 0 Å². The topological polar surface area (TPSA) is 0 Å². The van der Waals surface area contributed by atoms with Crippen LogP contribution in [0.2, 0.25) is 8.26 Å². The van der Waals surface area contributed by atoms with Gasteiger partial charge in [0.25, 0.3) is 0 Å². The third-order valence-corrected chi connectivity index (χ3v) is 23.8. The summed E-state index contributed by atoms with van der Waals surface area (Å²) in [6, 6.07) is 0. The van der Waals surface area contributed by atoms with Crippen LogP contribution < -0.4 is 0 Å². The molecule has 2 aliphatic carbocycles. The summed E-state index contributed by atoms with van der Waals surface area (Å²) < 4.78 is 6.98. The Morgan fingerprint density at radius 3 is 1.08 bits per heavy atom. The Hall–Kier alpha value is -0.157. The minimum absolute atomic E-state index is 0.290. The molecular weight excluding hydrogens is 367 g/mol. The van der Waals surface area contributed by atoms with Crippen LogP contribution in [-0.2, 0) is 20.3 Å². The van der Waals surface area contributed by atoms with Crippen molar-refractivity contribution in [2.45, 2.75) is 83.9 Å². The van der Waals surface area contributed by atoms with Crippen molar-refractivity contribution in [2.75, 3.05) is 0 Å². The molecule has 0 saturated carbocycles. The Balaban J connectivity index is 2.25. The monoisotopic (exact) mass is 402 g/mol. The minimum atomic E-state index is -2.52. The predicted octanol–water partition coefficient (Wildman–Crippen LogP) is 7.68. The van der Waals surface area contributed by atoms with Crippen molar-refractivity contribution in [3.63, 3.8) is 0 Å². The normalized spacial score (nSPS) is 28.2.